The molecule has 0 radical (unpaired) electrons. The Bertz CT molecular complexity index is 1140. The summed E-state index contributed by atoms with van der Waals surface area (Å²) in [7, 11) is 3.74. The van der Waals surface area contributed by atoms with Crippen molar-refractivity contribution in [2.75, 3.05) is 11.4 Å². The molecule has 3 heterocycles. The van der Waals surface area contributed by atoms with Crippen molar-refractivity contribution >= 4 is 17.2 Å². The number of hydrogen-bond donors (Lipinski definition) is 0. The Hall–Kier alpha value is -3.49. The van der Waals surface area contributed by atoms with Crippen LogP contribution in [0.5, 0.6) is 0 Å². The van der Waals surface area contributed by atoms with Gasteiger partial charge in [-0.05, 0) is 12.1 Å². The second-order valence-electron chi connectivity index (χ2n) is 7.90. The predicted molar refractivity (Wildman–Crippen MR) is 112 cm³/mol. The van der Waals surface area contributed by atoms with E-state index in [2.05, 4.69) is 23.4 Å². The van der Waals surface area contributed by atoms with Crippen LogP contribution >= 0.6 is 0 Å². The number of aryl methyl sites for hydroxylation is 1. The zero-order chi connectivity index (χ0) is 21.6. The molecule has 4 rings (SSSR count). The molecular weight excluding hydrogens is 384 g/mol. The number of aromatic nitrogens is 4. The SMILES string of the molecule is CC(C)c1nc2c(n1C)CCN(c1ccc(C(=O)c3nccn3C)cc1[N+](=O)[O-])C2. The Morgan fingerprint density at radius 3 is 2.67 bits per heavy atom. The van der Waals surface area contributed by atoms with Crippen molar-refractivity contribution in [1.82, 2.24) is 19.1 Å². The first kappa shape index (κ1) is 19.8. The van der Waals surface area contributed by atoms with Gasteiger partial charge in [0.1, 0.15) is 11.5 Å². The number of rotatable bonds is 5. The normalized spacial score (nSPS) is 13.6. The van der Waals surface area contributed by atoms with E-state index < -0.39 is 4.92 Å². The van der Waals surface area contributed by atoms with Gasteiger partial charge >= 0.3 is 0 Å². The molecule has 1 aliphatic rings. The van der Waals surface area contributed by atoms with Crippen LogP contribution in [0.1, 0.15) is 53.2 Å². The van der Waals surface area contributed by atoms with Gasteiger partial charge in [-0.25, -0.2) is 9.97 Å². The van der Waals surface area contributed by atoms with Crippen LogP contribution in [-0.2, 0) is 27.1 Å². The molecular formula is C21H24N6O3. The van der Waals surface area contributed by atoms with E-state index in [1.54, 1.807) is 29.9 Å². The largest absolute Gasteiger partial charge is 0.360 e. The van der Waals surface area contributed by atoms with Gasteiger partial charge in [0.2, 0.25) is 5.78 Å². The summed E-state index contributed by atoms with van der Waals surface area (Å²) in [5.74, 6) is 1.23. The summed E-state index contributed by atoms with van der Waals surface area (Å²) in [5.41, 5.74) is 2.80. The lowest BCUT2D eigenvalue weighted by Crippen LogP contribution is -2.31. The Morgan fingerprint density at radius 2 is 2.03 bits per heavy atom. The molecule has 0 unspecified atom stereocenters. The summed E-state index contributed by atoms with van der Waals surface area (Å²) in [5, 5.41) is 11.8. The van der Waals surface area contributed by atoms with Crippen LogP contribution < -0.4 is 4.90 Å². The summed E-state index contributed by atoms with van der Waals surface area (Å²) >= 11 is 0. The van der Waals surface area contributed by atoms with Crippen molar-refractivity contribution in [3.63, 3.8) is 0 Å². The fourth-order valence-corrected chi connectivity index (χ4v) is 4.06. The molecule has 3 aromatic rings. The second kappa shape index (κ2) is 7.40. The van der Waals surface area contributed by atoms with E-state index in [9.17, 15) is 14.9 Å². The van der Waals surface area contributed by atoms with Gasteiger partial charge in [0.05, 0.1) is 17.2 Å². The highest BCUT2D eigenvalue weighted by atomic mass is 16.6. The molecule has 9 nitrogen and oxygen atoms in total. The number of nitro groups is 1. The summed E-state index contributed by atoms with van der Waals surface area (Å²) < 4.78 is 3.74. The van der Waals surface area contributed by atoms with Gasteiger partial charge in [-0.2, -0.15) is 0 Å². The third-order valence-corrected chi connectivity index (χ3v) is 5.61. The molecule has 0 spiro atoms. The van der Waals surface area contributed by atoms with E-state index in [4.69, 9.17) is 4.98 Å². The minimum atomic E-state index is -0.433. The summed E-state index contributed by atoms with van der Waals surface area (Å²) in [4.78, 5) is 34.9. The number of hydrogen-bond acceptors (Lipinski definition) is 6. The molecule has 0 amide bonds. The van der Waals surface area contributed by atoms with Gasteiger partial charge in [-0.15, -0.1) is 0 Å². The molecule has 0 fully saturated rings. The number of fused-ring (bicyclic) bond motifs is 1. The van der Waals surface area contributed by atoms with Crippen molar-refractivity contribution in [3.8, 4) is 0 Å². The fourth-order valence-electron chi connectivity index (χ4n) is 4.06. The number of ketones is 1. The van der Waals surface area contributed by atoms with Crippen molar-refractivity contribution < 1.29 is 9.72 Å². The molecule has 9 heteroatoms. The standard InChI is InChI=1S/C21H24N6O3/c1-13(2)20-23-15-12-26(9-7-16(15)25(20)4)17-6-5-14(11-18(17)27(29)30)19(28)21-22-8-10-24(21)3/h5-6,8,10-11,13H,7,9,12H2,1-4H3. The number of benzene rings is 1. The summed E-state index contributed by atoms with van der Waals surface area (Å²) in [6.07, 6.45) is 3.95. The van der Waals surface area contributed by atoms with E-state index in [0.29, 0.717) is 24.7 Å². The van der Waals surface area contributed by atoms with Crippen LogP contribution in [-0.4, -0.2) is 36.4 Å². The number of nitro benzene ring substituents is 1. The molecule has 0 N–H and O–H groups in total. The number of carbonyl (C=O) groups is 1. The highest BCUT2D eigenvalue weighted by Crippen LogP contribution is 2.34. The smallest absolute Gasteiger partial charge is 0.293 e. The van der Waals surface area contributed by atoms with Crippen molar-refractivity contribution in [1.29, 1.82) is 0 Å². The zero-order valence-corrected chi connectivity index (χ0v) is 17.5. The lowest BCUT2D eigenvalue weighted by Gasteiger charge is -2.28. The molecule has 0 bridgehead atoms. The molecule has 2 aromatic heterocycles. The first-order valence-electron chi connectivity index (χ1n) is 9.87. The molecule has 30 heavy (non-hydrogen) atoms. The van der Waals surface area contributed by atoms with Crippen LogP contribution in [0.4, 0.5) is 11.4 Å². The Labute approximate surface area is 174 Å². The van der Waals surface area contributed by atoms with Crippen LogP contribution in [0.3, 0.4) is 0 Å². The van der Waals surface area contributed by atoms with Crippen LogP contribution in [0.25, 0.3) is 0 Å². The number of imidazole rings is 2. The maximum atomic E-state index is 12.7. The minimum absolute atomic E-state index is 0.0847. The van der Waals surface area contributed by atoms with E-state index in [1.165, 1.54) is 18.0 Å². The zero-order valence-electron chi connectivity index (χ0n) is 17.5. The molecule has 1 aliphatic heterocycles. The topological polar surface area (TPSA) is 99.1 Å². The van der Waals surface area contributed by atoms with Gasteiger partial charge in [0.25, 0.3) is 5.69 Å². The van der Waals surface area contributed by atoms with Crippen LogP contribution in [0, 0.1) is 10.1 Å². The Balaban J connectivity index is 1.68. The average Bonchev–Trinajstić information content (AvgIpc) is 3.30. The number of carbonyl (C=O) groups excluding carboxylic acids is 1. The third kappa shape index (κ3) is 3.26. The van der Waals surface area contributed by atoms with Crippen LogP contribution in [0.15, 0.2) is 30.6 Å². The Kier molecular flexibility index (Phi) is 4.89. The maximum Gasteiger partial charge on any atom is 0.293 e. The van der Waals surface area contributed by atoms with E-state index in [0.717, 1.165) is 17.9 Å². The van der Waals surface area contributed by atoms with Gasteiger partial charge < -0.3 is 14.0 Å². The molecule has 156 valence electrons. The first-order chi connectivity index (χ1) is 14.3. The average molecular weight is 408 g/mol. The minimum Gasteiger partial charge on any atom is -0.360 e. The fraction of sp³-hybridized carbons (Fsp3) is 0.381. The van der Waals surface area contributed by atoms with Crippen molar-refractivity contribution in [3.05, 3.63) is 69.3 Å². The first-order valence-corrected chi connectivity index (χ1v) is 9.87. The van der Waals surface area contributed by atoms with Crippen molar-refractivity contribution in [2.24, 2.45) is 14.1 Å². The third-order valence-electron chi connectivity index (χ3n) is 5.61. The summed E-state index contributed by atoms with van der Waals surface area (Å²) in [6.45, 7) is 5.36. The van der Waals surface area contributed by atoms with Gasteiger partial charge in [0, 0.05) is 62.7 Å². The molecule has 1 aromatic carbocycles. The van der Waals surface area contributed by atoms with Crippen LogP contribution in [0.2, 0.25) is 0 Å². The van der Waals surface area contributed by atoms with Gasteiger partial charge in [-0.3, -0.25) is 14.9 Å². The van der Waals surface area contributed by atoms with E-state index >= 15 is 0 Å². The highest BCUT2D eigenvalue weighted by Gasteiger charge is 2.28. The quantitative estimate of drug-likeness (QED) is 0.366. The van der Waals surface area contributed by atoms with E-state index in [-0.39, 0.29) is 22.9 Å². The maximum absolute atomic E-state index is 12.7. The predicted octanol–water partition coefficient (Wildman–Crippen LogP) is 2.98. The number of nitrogens with zero attached hydrogens (tertiary/aromatic N) is 6. The second-order valence-corrected chi connectivity index (χ2v) is 7.90. The van der Waals surface area contributed by atoms with E-state index in [1.807, 2.05) is 11.9 Å². The lowest BCUT2D eigenvalue weighted by molar-refractivity contribution is -0.384. The molecule has 0 atom stereocenters. The molecule has 0 saturated heterocycles. The number of anilines is 1. The Morgan fingerprint density at radius 1 is 1.27 bits per heavy atom. The monoisotopic (exact) mass is 408 g/mol. The van der Waals surface area contributed by atoms with Gasteiger partial charge in [0.15, 0.2) is 5.82 Å². The molecule has 0 saturated carbocycles. The molecule has 0 aliphatic carbocycles. The van der Waals surface area contributed by atoms with Gasteiger partial charge in [-0.1, -0.05) is 13.8 Å². The summed E-state index contributed by atoms with van der Waals surface area (Å²) in [6, 6.07) is 4.64. The lowest BCUT2D eigenvalue weighted by atomic mass is 10.1. The highest BCUT2D eigenvalue weighted by molar-refractivity contribution is 6.07. The van der Waals surface area contributed by atoms with Crippen molar-refractivity contribution in [2.45, 2.75) is 32.7 Å².